The van der Waals surface area contributed by atoms with Crippen LogP contribution in [0, 0.1) is 0 Å². The normalized spacial score (nSPS) is 10.1. The molecule has 0 saturated carbocycles. The molecule has 0 spiro atoms. The molecule has 2 rings (SSSR count). The summed E-state index contributed by atoms with van der Waals surface area (Å²) in [7, 11) is 0. The highest BCUT2D eigenvalue weighted by molar-refractivity contribution is 7.98. The van der Waals surface area contributed by atoms with Gasteiger partial charge in [-0.3, -0.25) is 9.59 Å². The summed E-state index contributed by atoms with van der Waals surface area (Å²) >= 11 is 1.52. The Labute approximate surface area is 138 Å². The van der Waals surface area contributed by atoms with E-state index in [0.717, 1.165) is 4.90 Å². The fourth-order valence-electron chi connectivity index (χ4n) is 1.91. The second-order valence-corrected chi connectivity index (χ2v) is 5.60. The largest absolute Gasteiger partial charge is 0.508 e. The predicted octanol–water partition coefficient (Wildman–Crippen LogP) is 2.84. The zero-order chi connectivity index (χ0) is 16.7. The summed E-state index contributed by atoms with van der Waals surface area (Å²) < 4.78 is 4.96. The highest BCUT2D eigenvalue weighted by Crippen LogP contribution is 2.24. The predicted molar refractivity (Wildman–Crippen MR) is 89.6 cm³/mol. The minimum atomic E-state index is -0.496. The molecule has 0 bridgehead atoms. The number of carbonyl (C=O) groups is 2. The van der Waals surface area contributed by atoms with Crippen molar-refractivity contribution in [3.05, 3.63) is 54.1 Å². The topological polar surface area (TPSA) is 75.6 Å². The Morgan fingerprint density at radius 1 is 1.13 bits per heavy atom. The molecule has 0 aliphatic carbocycles. The first-order chi connectivity index (χ1) is 11.1. The molecule has 0 fully saturated rings. The van der Waals surface area contributed by atoms with Gasteiger partial charge < -0.3 is 15.2 Å². The molecule has 2 aromatic rings. The number of rotatable bonds is 6. The number of phenolic OH excluding ortho intramolecular Hbond substituents is 1. The van der Waals surface area contributed by atoms with Gasteiger partial charge in [-0.05, 0) is 36.1 Å². The number of amides is 1. The van der Waals surface area contributed by atoms with Gasteiger partial charge >= 0.3 is 5.97 Å². The zero-order valence-corrected chi connectivity index (χ0v) is 13.4. The van der Waals surface area contributed by atoms with Crippen molar-refractivity contribution in [2.24, 2.45) is 0 Å². The van der Waals surface area contributed by atoms with Crippen molar-refractivity contribution in [2.45, 2.75) is 11.3 Å². The van der Waals surface area contributed by atoms with Gasteiger partial charge in [-0.1, -0.05) is 24.3 Å². The third-order valence-electron chi connectivity index (χ3n) is 3.03. The lowest BCUT2D eigenvalue weighted by Crippen LogP contribution is -2.21. The van der Waals surface area contributed by atoms with Gasteiger partial charge in [0.05, 0.1) is 12.1 Å². The number of carbonyl (C=O) groups excluding carboxylic acids is 2. The van der Waals surface area contributed by atoms with Crippen LogP contribution in [0.5, 0.6) is 5.75 Å². The van der Waals surface area contributed by atoms with E-state index in [2.05, 4.69) is 5.32 Å². The summed E-state index contributed by atoms with van der Waals surface area (Å²) in [6.07, 6.45) is 1.97. The van der Waals surface area contributed by atoms with Crippen LogP contribution >= 0.6 is 11.8 Å². The van der Waals surface area contributed by atoms with Crippen molar-refractivity contribution < 1.29 is 19.4 Å². The van der Waals surface area contributed by atoms with E-state index in [1.165, 1.54) is 23.9 Å². The lowest BCUT2D eigenvalue weighted by atomic mass is 10.1. The lowest BCUT2D eigenvalue weighted by molar-refractivity contribution is -0.146. The molecule has 2 N–H and O–H groups in total. The van der Waals surface area contributed by atoms with Crippen molar-refractivity contribution in [3.63, 3.8) is 0 Å². The number of hydrogen-bond acceptors (Lipinski definition) is 5. The molecule has 0 saturated heterocycles. The summed E-state index contributed by atoms with van der Waals surface area (Å²) in [6.45, 7) is -0.334. The van der Waals surface area contributed by atoms with Gasteiger partial charge in [0.25, 0.3) is 5.91 Å². The number of aromatic hydroxyl groups is 1. The third-order valence-corrected chi connectivity index (χ3v) is 3.83. The number of anilines is 1. The van der Waals surface area contributed by atoms with Crippen LogP contribution in [0.3, 0.4) is 0 Å². The standard InChI is InChI=1S/C17H17NO4S/c1-23-15-5-3-2-4-14(15)18-16(20)11-22-17(21)10-12-6-8-13(19)9-7-12/h2-9,19H,10-11H2,1H3,(H,18,20). The number of phenols is 1. The lowest BCUT2D eigenvalue weighted by Gasteiger charge is -2.09. The van der Waals surface area contributed by atoms with Crippen LogP contribution in [0.15, 0.2) is 53.4 Å². The first kappa shape index (κ1) is 16.9. The van der Waals surface area contributed by atoms with Gasteiger partial charge in [-0.2, -0.15) is 0 Å². The number of ether oxygens (including phenoxy) is 1. The maximum absolute atomic E-state index is 11.9. The molecule has 0 aromatic heterocycles. The molecule has 2 aromatic carbocycles. The summed E-state index contributed by atoms with van der Waals surface area (Å²) in [6, 6.07) is 13.7. The Kier molecular flexibility index (Phi) is 6.05. The quantitative estimate of drug-likeness (QED) is 0.629. The smallest absolute Gasteiger partial charge is 0.310 e. The average molecular weight is 331 g/mol. The maximum atomic E-state index is 11.9. The number of nitrogens with one attached hydrogen (secondary N) is 1. The van der Waals surface area contributed by atoms with Crippen molar-refractivity contribution in [3.8, 4) is 5.75 Å². The van der Waals surface area contributed by atoms with Crippen LogP contribution in [0.1, 0.15) is 5.56 Å². The van der Waals surface area contributed by atoms with Crippen molar-refractivity contribution >= 4 is 29.3 Å². The van der Waals surface area contributed by atoms with E-state index in [9.17, 15) is 14.7 Å². The molecule has 6 heteroatoms. The fraction of sp³-hybridized carbons (Fsp3) is 0.176. The summed E-state index contributed by atoms with van der Waals surface area (Å²) in [4.78, 5) is 24.5. The van der Waals surface area contributed by atoms with Gasteiger partial charge in [-0.15, -0.1) is 11.8 Å². The molecule has 0 heterocycles. The number of benzene rings is 2. The van der Waals surface area contributed by atoms with E-state index in [0.29, 0.717) is 11.3 Å². The van der Waals surface area contributed by atoms with E-state index in [-0.39, 0.29) is 24.7 Å². The second kappa shape index (κ2) is 8.24. The first-order valence-corrected chi connectivity index (χ1v) is 8.17. The van der Waals surface area contributed by atoms with Gasteiger partial charge in [0.2, 0.25) is 0 Å². The molecular weight excluding hydrogens is 314 g/mol. The average Bonchev–Trinajstić information content (AvgIpc) is 2.55. The molecule has 1 amide bonds. The number of para-hydroxylation sites is 1. The minimum Gasteiger partial charge on any atom is -0.508 e. The van der Waals surface area contributed by atoms with Crippen LogP contribution in [-0.4, -0.2) is 29.8 Å². The highest BCUT2D eigenvalue weighted by atomic mass is 32.2. The molecule has 0 unspecified atom stereocenters. The number of esters is 1. The van der Waals surface area contributed by atoms with E-state index >= 15 is 0 Å². The molecule has 23 heavy (non-hydrogen) atoms. The SMILES string of the molecule is CSc1ccccc1NC(=O)COC(=O)Cc1ccc(O)cc1. The first-order valence-electron chi connectivity index (χ1n) is 6.95. The van der Waals surface area contributed by atoms with Gasteiger partial charge in [0.15, 0.2) is 6.61 Å². The summed E-state index contributed by atoms with van der Waals surface area (Å²) in [5.41, 5.74) is 1.40. The van der Waals surface area contributed by atoms with E-state index in [1.807, 2.05) is 24.5 Å². The van der Waals surface area contributed by atoms with Crippen LogP contribution < -0.4 is 5.32 Å². The van der Waals surface area contributed by atoms with Crippen LogP contribution in [0.25, 0.3) is 0 Å². The molecule has 0 atom stereocenters. The van der Waals surface area contributed by atoms with Gasteiger partial charge in [-0.25, -0.2) is 0 Å². The van der Waals surface area contributed by atoms with Crippen LogP contribution in [0.4, 0.5) is 5.69 Å². The summed E-state index contributed by atoms with van der Waals surface area (Å²) in [5, 5.41) is 11.9. The second-order valence-electron chi connectivity index (χ2n) is 4.75. The monoisotopic (exact) mass is 331 g/mol. The van der Waals surface area contributed by atoms with Gasteiger partial charge in [0.1, 0.15) is 5.75 Å². The van der Waals surface area contributed by atoms with E-state index < -0.39 is 5.97 Å². The van der Waals surface area contributed by atoms with Crippen molar-refractivity contribution in [1.29, 1.82) is 0 Å². The molecule has 0 aliphatic heterocycles. The number of thioether (sulfide) groups is 1. The molecule has 120 valence electrons. The van der Waals surface area contributed by atoms with Crippen LogP contribution in [-0.2, 0) is 20.7 Å². The zero-order valence-electron chi connectivity index (χ0n) is 12.6. The Hall–Kier alpha value is -2.47. The Morgan fingerprint density at radius 2 is 1.83 bits per heavy atom. The van der Waals surface area contributed by atoms with E-state index in [1.54, 1.807) is 18.2 Å². The van der Waals surface area contributed by atoms with Crippen LogP contribution in [0.2, 0.25) is 0 Å². The summed E-state index contributed by atoms with van der Waals surface area (Å²) in [5.74, 6) is -0.747. The fourth-order valence-corrected chi connectivity index (χ4v) is 2.47. The van der Waals surface area contributed by atoms with Gasteiger partial charge in [0, 0.05) is 4.90 Å². The Bertz CT molecular complexity index is 685. The maximum Gasteiger partial charge on any atom is 0.310 e. The molecule has 5 nitrogen and oxygen atoms in total. The molecular formula is C17H17NO4S. The molecule has 0 aliphatic rings. The number of hydrogen-bond donors (Lipinski definition) is 2. The highest BCUT2D eigenvalue weighted by Gasteiger charge is 2.10. The van der Waals surface area contributed by atoms with E-state index in [4.69, 9.17) is 4.74 Å². The Morgan fingerprint density at radius 3 is 2.52 bits per heavy atom. The Balaban J connectivity index is 1.82. The third kappa shape index (κ3) is 5.34. The van der Waals surface area contributed by atoms with Crippen molar-refractivity contribution in [2.75, 3.05) is 18.2 Å². The van der Waals surface area contributed by atoms with Crippen molar-refractivity contribution in [1.82, 2.24) is 0 Å². The minimum absolute atomic E-state index is 0.0506. The molecule has 0 radical (unpaired) electrons.